The SMILES string of the molecule is COc1ccc(-n2ccc(C(=O)NCC(OC)C(=O)O)n2)cc1. The van der Waals surface area contributed by atoms with Crippen LogP contribution in [0.2, 0.25) is 0 Å². The molecule has 0 fully saturated rings. The zero-order chi connectivity index (χ0) is 16.8. The second kappa shape index (κ2) is 7.41. The van der Waals surface area contributed by atoms with E-state index in [0.717, 1.165) is 11.4 Å². The number of carboxylic acid groups (broad SMARTS) is 1. The average molecular weight is 319 g/mol. The number of carbonyl (C=O) groups is 2. The van der Waals surface area contributed by atoms with Crippen molar-refractivity contribution in [2.75, 3.05) is 20.8 Å². The number of nitrogens with zero attached hydrogens (tertiary/aromatic N) is 2. The molecule has 8 nitrogen and oxygen atoms in total. The minimum absolute atomic E-state index is 0.139. The fraction of sp³-hybridized carbons (Fsp3) is 0.267. The molecule has 0 aliphatic heterocycles. The quantitative estimate of drug-likeness (QED) is 0.779. The second-order valence-electron chi connectivity index (χ2n) is 4.62. The third kappa shape index (κ3) is 4.07. The number of ether oxygens (including phenoxy) is 2. The molecular weight excluding hydrogens is 302 g/mol. The van der Waals surface area contributed by atoms with Gasteiger partial charge in [-0.15, -0.1) is 0 Å². The summed E-state index contributed by atoms with van der Waals surface area (Å²) >= 11 is 0. The van der Waals surface area contributed by atoms with Crippen LogP contribution in [-0.4, -0.2) is 53.6 Å². The summed E-state index contributed by atoms with van der Waals surface area (Å²) in [6.45, 7) is -0.139. The lowest BCUT2D eigenvalue weighted by Gasteiger charge is -2.10. The highest BCUT2D eigenvalue weighted by Gasteiger charge is 2.18. The van der Waals surface area contributed by atoms with Crippen molar-refractivity contribution in [3.8, 4) is 11.4 Å². The molecule has 2 rings (SSSR count). The highest BCUT2D eigenvalue weighted by atomic mass is 16.5. The first-order chi connectivity index (χ1) is 11.0. The molecule has 0 radical (unpaired) electrons. The molecule has 122 valence electrons. The monoisotopic (exact) mass is 319 g/mol. The highest BCUT2D eigenvalue weighted by molar-refractivity contribution is 5.92. The van der Waals surface area contributed by atoms with Crippen LogP contribution in [0.25, 0.3) is 5.69 Å². The maximum Gasteiger partial charge on any atom is 0.334 e. The third-order valence-corrected chi connectivity index (χ3v) is 3.17. The van der Waals surface area contributed by atoms with Gasteiger partial charge in [0.2, 0.25) is 0 Å². The van der Waals surface area contributed by atoms with E-state index in [0.29, 0.717) is 0 Å². The van der Waals surface area contributed by atoms with Gasteiger partial charge in [-0.1, -0.05) is 0 Å². The van der Waals surface area contributed by atoms with Gasteiger partial charge in [-0.2, -0.15) is 5.10 Å². The van der Waals surface area contributed by atoms with Crippen molar-refractivity contribution in [2.24, 2.45) is 0 Å². The normalized spacial score (nSPS) is 11.7. The van der Waals surface area contributed by atoms with E-state index in [1.165, 1.54) is 7.11 Å². The van der Waals surface area contributed by atoms with Crippen LogP contribution < -0.4 is 10.1 Å². The Bertz CT molecular complexity index is 681. The minimum atomic E-state index is -1.14. The Labute approximate surface area is 132 Å². The lowest BCUT2D eigenvalue weighted by Crippen LogP contribution is -2.38. The molecule has 1 amide bonds. The van der Waals surface area contributed by atoms with Crippen LogP contribution in [0, 0.1) is 0 Å². The molecule has 1 atom stereocenters. The topological polar surface area (TPSA) is 103 Å². The van der Waals surface area contributed by atoms with E-state index in [2.05, 4.69) is 10.4 Å². The first-order valence-electron chi connectivity index (χ1n) is 6.79. The molecule has 1 aromatic carbocycles. The van der Waals surface area contributed by atoms with Crippen molar-refractivity contribution in [1.29, 1.82) is 0 Å². The summed E-state index contributed by atoms with van der Waals surface area (Å²) in [5.41, 5.74) is 0.950. The smallest absolute Gasteiger partial charge is 0.334 e. The number of nitrogens with one attached hydrogen (secondary N) is 1. The molecule has 1 aromatic heterocycles. The summed E-state index contributed by atoms with van der Waals surface area (Å²) in [6, 6.07) is 8.72. The summed E-state index contributed by atoms with van der Waals surface area (Å²) in [7, 11) is 2.85. The summed E-state index contributed by atoms with van der Waals surface area (Å²) in [5.74, 6) is -0.893. The van der Waals surface area contributed by atoms with E-state index in [1.54, 1.807) is 48.3 Å². The molecule has 23 heavy (non-hydrogen) atoms. The predicted octanol–water partition coefficient (Wildman–Crippen LogP) is 0.710. The first kappa shape index (κ1) is 16.5. The second-order valence-corrected chi connectivity index (χ2v) is 4.62. The summed E-state index contributed by atoms with van der Waals surface area (Å²) in [6.07, 6.45) is 0.546. The zero-order valence-electron chi connectivity index (χ0n) is 12.7. The van der Waals surface area contributed by atoms with Gasteiger partial charge in [0.15, 0.2) is 11.8 Å². The Morgan fingerprint density at radius 2 is 1.96 bits per heavy atom. The van der Waals surface area contributed by atoms with Crippen molar-refractivity contribution in [1.82, 2.24) is 15.1 Å². The van der Waals surface area contributed by atoms with Crippen LogP contribution in [0.5, 0.6) is 5.75 Å². The number of amides is 1. The van der Waals surface area contributed by atoms with Gasteiger partial charge in [0.1, 0.15) is 5.75 Å². The number of benzene rings is 1. The van der Waals surface area contributed by atoms with Crippen LogP contribution in [0.3, 0.4) is 0 Å². The Kier molecular flexibility index (Phi) is 5.32. The standard InChI is InChI=1S/C15H17N3O5/c1-22-11-5-3-10(4-6-11)18-8-7-12(17-18)14(19)16-9-13(23-2)15(20)21/h3-8,13H,9H2,1-2H3,(H,16,19)(H,20,21). The number of aliphatic carboxylic acids is 1. The Balaban J connectivity index is 2.03. The van der Waals surface area contributed by atoms with E-state index < -0.39 is 18.0 Å². The first-order valence-corrected chi connectivity index (χ1v) is 6.79. The van der Waals surface area contributed by atoms with Crippen LogP contribution in [0.4, 0.5) is 0 Å². The number of hydrogen-bond acceptors (Lipinski definition) is 5. The fourth-order valence-corrected chi connectivity index (χ4v) is 1.87. The Hall–Kier alpha value is -2.87. The van der Waals surface area contributed by atoms with E-state index in [-0.39, 0.29) is 12.2 Å². The van der Waals surface area contributed by atoms with Crippen LogP contribution in [0.1, 0.15) is 10.5 Å². The van der Waals surface area contributed by atoms with E-state index >= 15 is 0 Å². The van der Waals surface area contributed by atoms with E-state index in [4.69, 9.17) is 14.6 Å². The van der Waals surface area contributed by atoms with Crippen molar-refractivity contribution < 1.29 is 24.2 Å². The molecule has 0 aliphatic rings. The molecule has 0 aliphatic carbocycles. The van der Waals surface area contributed by atoms with Crippen LogP contribution in [-0.2, 0) is 9.53 Å². The lowest BCUT2D eigenvalue weighted by atomic mass is 10.3. The fourth-order valence-electron chi connectivity index (χ4n) is 1.87. The summed E-state index contributed by atoms with van der Waals surface area (Å²) in [5, 5.41) is 15.5. The minimum Gasteiger partial charge on any atom is -0.497 e. The van der Waals surface area contributed by atoms with Crippen molar-refractivity contribution >= 4 is 11.9 Å². The van der Waals surface area contributed by atoms with E-state index in [1.807, 2.05) is 0 Å². The van der Waals surface area contributed by atoms with Gasteiger partial charge in [0.25, 0.3) is 5.91 Å². The lowest BCUT2D eigenvalue weighted by molar-refractivity contribution is -0.148. The molecule has 1 heterocycles. The Morgan fingerprint density at radius 3 is 2.52 bits per heavy atom. The average Bonchev–Trinajstić information content (AvgIpc) is 3.05. The van der Waals surface area contributed by atoms with Gasteiger partial charge < -0.3 is 19.9 Å². The molecule has 8 heteroatoms. The number of hydrogen-bond donors (Lipinski definition) is 2. The third-order valence-electron chi connectivity index (χ3n) is 3.17. The molecule has 2 N–H and O–H groups in total. The maximum atomic E-state index is 12.0. The van der Waals surface area contributed by atoms with Gasteiger partial charge >= 0.3 is 5.97 Å². The van der Waals surface area contributed by atoms with Gasteiger partial charge in [0.05, 0.1) is 19.3 Å². The largest absolute Gasteiger partial charge is 0.497 e. The molecule has 1 unspecified atom stereocenters. The number of aromatic nitrogens is 2. The van der Waals surface area contributed by atoms with Gasteiger partial charge in [0, 0.05) is 13.3 Å². The van der Waals surface area contributed by atoms with Gasteiger partial charge in [-0.25, -0.2) is 9.48 Å². The van der Waals surface area contributed by atoms with Crippen molar-refractivity contribution in [2.45, 2.75) is 6.10 Å². The summed E-state index contributed by atoms with van der Waals surface area (Å²) in [4.78, 5) is 22.8. The zero-order valence-corrected chi connectivity index (χ0v) is 12.7. The highest BCUT2D eigenvalue weighted by Crippen LogP contribution is 2.14. The number of methoxy groups -OCH3 is 2. The van der Waals surface area contributed by atoms with E-state index in [9.17, 15) is 9.59 Å². The molecular formula is C15H17N3O5. The molecule has 0 saturated heterocycles. The molecule has 2 aromatic rings. The predicted molar refractivity (Wildman–Crippen MR) is 80.9 cm³/mol. The molecule has 0 saturated carbocycles. The maximum absolute atomic E-state index is 12.0. The Morgan fingerprint density at radius 1 is 1.26 bits per heavy atom. The molecule has 0 bridgehead atoms. The van der Waals surface area contributed by atoms with Crippen LogP contribution in [0.15, 0.2) is 36.5 Å². The summed E-state index contributed by atoms with van der Waals surface area (Å²) < 4.78 is 11.4. The molecule has 0 spiro atoms. The number of carboxylic acids is 1. The van der Waals surface area contributed by atoms with Crippen molar-refractivity contribution in [3.63, 3.8) is 0 Å². The number of rotatable bonds is 7. The number of carbonyl (C=O) groups excluding carboxylic acids is 1. The van der Waals surface area contributed by atoms with Crippen molar-refractivity contribution in [3.05, 3.63) is 42.2 Å². The van der Waals surface area contributed by atoms with Crippen LogP contribution >= 0.6 is 0 Å². The van der Waals surface area contributed by atoms with Gasteiger partial charge in [-0.3, -0.25) is 4.79 Å². The van der Waals surface area contributed by atoms with Gasteiger partial charge in [-0.05, 0) is 30.3 Å².